The molecule has 0 saturated carbocycles. The molecule has 0 radical (unpaired) electrons. The summed E-state index contributed by atoms with van der Waals surface area (Å²) in [5.74, 6) is 2.45. The summed E-state index contributed by atoms with van der Waals surface area (Å²) in [6, 6.07) is 7.83. The molecule has 0 fully saturated rings. The van der Waals surface area contributed by atoms with Gasteiger partial charge < -0.3 is 14.8 Å². The monoisotopic (exact) mass is 271 g/mol. The second-order valence-electron chi connectivity index (χ2n) is 4.88. The SMILES string of the molecule is CC(C)CCNCC1COc2ccccc2O1.Cl. The quantitative estimate of drug-likeness (QED) is 0.836. The van der Waals surface area contributed by atoms with Crippen molar-refractivity contribution in [1.82, 2.24) is 5.32 Å². The van der Waals surface area contributed by atoms with E-state index in [0.717, 1.165) is 30.5 Å². The van der Waals surface area contributed by atoms with Crippen LogP contribution in [0, 0.1) is 5.92 Å². The van der Waals surface area contributed by atoms with Gasteiger partial charge in [0.1, 0.15) is 12.7 Å². The molecular formula is C14H22ClNO2. The van der Waals surface area contributed by atoms with Gasteiger partial charge in [0.2, 0.25) is 0 Å². The van der Waals surface area contributed by atoms with E-state index in [4.69, 9.17) is 9.47 Å². The van der Waals surface area contributed by atoms with Crippen LogP contribution in [0.2, 0.25) is 0 Å². The number of halogens is 1. The largest absolute Gasteiger partial charge is 0.486 e. The lowest BCUT2D eigenvalue weighted by Crippen LogP contribution is -2.38. The molecule has 0 aliphatic carbocycles. The van der Waals surface area contributed by atoms with Gasteiger partial charge in [-0.2, -0.15) is 0 Å². The van der Waals surface area contributed by atoms with Gasteiger partial charge in [0, 0.05) is 6.54 Å². The van der Waals surface area contributed by atoms with Gasteiger partial charge >= 0.3 is 0 Å². The summed E-state index contributed by atoms with van der Waals surface area (Å²) in [5, 5.41) is 3.41. The van der Waals surface area contributed by atoms with E-state index in [-0.39, 0.29) is 18.5 Å². The van der Waals surface area contributed by atoms with E-state index in [1.165, 1.54) is 6.42 Å². The molecule has 1 aliphatic rings. The van der Waals surface area contributed by atoms with E-state index in [0.29, 0.717) is 6.61 Å². The van der Waals surface area contributed by atoms with Crippen molar-refractivity contribution >= 4 is 12.4 Å². The van der Waals surface area contributed by atoms with Gasteiger partial charge in [0.05, 0.1) is 0 Å². The van der Waals surface area contributed by atoms with Crippen molar-refractivity contribution in [3.8, 4) is 11.5 Å². The zero-order valence-electron chi connectivity index (χ0n) is 11.0. The molecule has 102 valence electrons. The molecule has 1 N–H and O–H groups in total. The Hall–Kier alpha value is -0.930. The number of fused-ring (bicyclic) bond motifs is 1. The number of ether oxygens (including phenoxy) is 2. The maximum atomic E-state index is 5.85. The van der Waals surface area contributed by atoms with Crippen molar-refractivity contribution in [3.05, 3.63) is 24.3 Å². The Balaban J connectivity index is 0.00000162. The van der Waals surface area contributed by atoms with Gasteiger partial charge in [0.15, 0.2) is 11.5 Å². The average molecular weight is 272 g/mol. The molecular weight excluding hydrogens is 250 g/mol. The highest BCUT2D eigenvalue weighted by molar-refractivity contribution is 5.85. The first-order valence-corrected chi connectivity index (χ1v) is 6.35. The van der Waals surface area contributed by atoms with Gasteiger partial charge in [-0.05, 0) is 31.0 Å². The van der Waals surface area contributed by atoms with Crippen LogP contribution in [-0.2, 0) is 0 Å². The molecule has 0 spiro atoms. The number of rotatable bonds is 5. The summed E-state index contributed by atoms with van der Waals surface area (Å²) in [7, 11) is 0. The molecule has 1 unspecified atom stereocenters. The third-order valence-corrected chi connectivity index (χ3v) is 2.84. The first-order valence-electron chi connectivity index (χ1n) is 6.35. The molecule has 0 bridgehead atoms. The van der Waals surface area contributed by atoms with Gasteiger partial charge in [-0.15, -0.1) is 12.4 Å². The number of nitrogens with one attached hydrogen (secondary N) is 1. The molecule has 18 heavy (non-hydrogen) atoms. The zero-order chi connectivity index (χ0) is 12.1. The third kappa shape index (κ3) is 4.39. The second-order valence-corrected chi connectivity index (χ2v) is 4.88. The standard InChI is InChI=1S/C14H21NO2.ClH/c1-11(2)7-8-15-9-12-10-16-13-5-3-4-6-14(13)17-12;/h3-6,11-12,15H,7-10H2,1-2H3;1H. The number of hydrogen-bond acceptors (Lipinski definition) is 3. The molecule has 2 rings (SSSR count). The van der Waals surface area contributed by atoms with E-state index < -0.39 is 0 Å². The van der Waals surface area contributed by atoms with Crippen LogP contribution in [0.3, 0.4) is 0 Å². The minimum atomic E-state index is 0. The van der Waals surface area contributed by atoms with Crippen LogP contribution in [0.15, 0.2) is 24.3 Å². The lowest BCUT2D eigenvalue weighted by atomic mass is 10.1. The minimum absolute atomic E-state index is 0. The Morgan fingerprint density at radius 2 is 2.00 bits per heavy atom. The van der Waals surface area contributed by atoms with E-state index >= 15 is 0 Å². The van der Waals surface area contributed by atoms with Crippen molar-refractivity contribution in [2.75, 3.05) is 19.7 Å². The van der Waals surface area contributed by atoms with Crippen LogP contribution in [0.4, 0.5) is 0 Å². The Morgan fingerprint density at radius 1 is 1.28 bits per heavy atom. The maximum Gasteiger partial charge on any atom is 0.161 e. The third-order valence-electron chi connectivity index (χ3n) is 2.84. The summed E-state index contributed by atoms with van der Waals surface area (Å²) in [6.45, 7) is 6.99. The molecule has 1 heterocycles. The number of para-hydroxylation sites is 2. The van der Waals surface area contributed by atoms with E-state index in [1.807, 2.05) is 24.3 Å². The van der Waals surface area contributed by atoms with Gasteiger partial charge in [-0.25, -0.2) is 0 Å². The zero-order valence-corrected chi connectivity index (χ0v) is 11.8. The predicted octanol–water partition coefficient (Wildman–Crippen LogP) is 2.88. The Kier molecular flexibility index (Phi) is 6.30. The smallest absolute Gasteiger partial charge is 0.161 e. The normalized spacial score (nSPS) is 17.4. The van der Waals surface area contributed by atoms with Crippen molar-refractivity contribution in [3.63, 3.8) is 0 Å². The molecule has 0 aromatic heterocycles. The summed E-state index contributed by atoms with van der Waals surface area (Å²) >= 11 is 0. The van der Waals surface area contributed by atoms with Gasteiger partial charge in [-0.1, -0.05) is 26.0 Å². The fraction of sp³-hybridized carbons (Fsp3) is 0.571. The molecule has 1 aromatic carbocycles. The number of hydrogen-bond donors (Lipinski definition) is 1. The molecule has 3 nitrogen and oxygen atoms in total. The lowest BCUT2D eigenvalue weighted by Gasteiger charge is -2.26. The highest BCUT2D eigenvalue weighted by atomic mass is 35.5. The summed E-state index contributed by atoms with van der Waals surface area (Å²) < 4.78 is 11.5. The summed E-state index contributed by atoms with van der Waals surface area (Å²) in [5.41, 5.74) is 0. The molecule has 1 aliphatic heterocycles. The minimum Gasteiger partial charge on any atom is -0.486 e. The van der Waals surface area contributed by atoms with Gasteiger partial charge in [-0.3, -0.25) is 0 Å². The van der Waals surface area contributed by atoms with Gasteiger partial charge in [0.25, 0.3) is 0 Å². The predicted molar refractivity (Wildman–Crippen MR) is 75.9 cm³/mol. The Morgan fingerprint density at radius 3 is 2.72 bits per heavy atom. The fourth-order valence-corrected chi connectivity index (χ4v) is 1.82. The van der Waals surface area contributed by atoms with Crippen molar-refractivity contribution < 1.29 is 9.47 Å². The number of benzene rings is 1. The second kappa shape index (κ2) is 7.49. The van der Waals surface area contributed by atoms with Crippen LogP contribution < -0.4 is 14.8 Å². The van der Waals surface area contributed by atoms with Crippen LogP contribution in [0.25, 0.3) is 0 Å². The maximum absolute atomic E-state index is 5.85. The lowest BCUT2D eigenvalue weighted by molar-refractivity contribution is 0.0903. The summed E-state index contributed by atoms with van der Waals surface area (Å²) in [6.07, 6.45) is 1.32. The molecule has 1 atom stereocenters. The van der Waals surface area contributed by atoms with E-state index in [1.54, 1.807) is 0 Å². The van der Waals surface area contributed by atoms with Crippen molar-refractivity contribution in [2.45, 2.75) is 26.4 Å². The molecule has 0 saturated heterocycles. The van der Waals surface area contributed by atoms with Crippen LogP contribution in [0.1, 0.15) is 20.3 Å². The molecule has 1 aromatic rings. The molecule has 4 heteroatoms. The van der Waals surface area contributed by atoms with Crippen LogP contribution in [-0.4, -0.2) is 25.8 Å². The van der Waals surface area contributed by atoms with Crippen molar-refractivity contribution in [2.24, 2.45) is 5.92 Å². The molecule has 0 amide bonds. The first kappa shape index (κ1) is 15.1. The fourth-order valence-electron chi connectivity index (χ4n) is 1.82. The van der Waals surface area contributed by atoms with E-state index in [9.17, 15) is 0 Å². The average Bonchev–Trinajstić information content (AvgIpc) is 2.34. The Bertz CT molecular complexity index is 357. The highest BCUT2D eigenvalue weighted by Crippen LogP contribution is 2.30. The first-order chi connectivity index (χ1) is 8.25. The van der Waals surface area contributed by atoms with E-state index in [2.05, 4.69) is 19.2 Å². The van der Waals surface area contributed by atoms with Crippen molar-refractivity contribution in [1.29, 1.82) is 0 Å². The highest BCUT2D eigenvalue weighted by Gasteiger charge is 2.19. The topological polar surface area (TPSA) is 30.5 Å². The van der Waals surface area contributed by atoms with Crippen LogP contribution in [0.5, 0.6) is 11.5 Å². The Labute approximate surface area is 115 Å². The van der Waals surface area contributed by atoms with Crippen LogP contribution >= 0.6 is 12.4 Å². The summed E-state index contributed by atoms with van der Waals surface area (Å²) in [4.78, 5) is 0.